The first-order chi connectivity index (χ1) is 14.7. The van der Waals surface area contributed by atoms with Gasteiger partial charge in [-0.2, -0.15) is 21.9 Å². The molecule has 1 aromatic heterocycles. The van der Waals surface area contributed by atoms with Gasteiger partial charge in [-0.25, -0.2) is 0 Å². The van der Waals surface area contributed by atoms with Gasteiger partial charge in [0.2, 0.25) is 0 Å². The molecule has 4 nitrogen and oxygen atoms in total. The maximum Gasteiger partial charge on any atom is 0.186 e. The molecule has 0 unspecified atom stereocenters. The van der Waals surface area contributed by atoms with Crippen molar-refractivity contribution < 1.29 is 4.79 Å². The minimum absolute atomic E-state index is 0.0624. The lowest BCUT2D eigenvalue weighted by Crippen LogP contribution is -2.44. The largest absolute Gasteiger partial charge is 0.351 e. The highest BCUT2D eigenvalue weighted by Gasteiger charge is 2.63. The molecule has 30 heavy (non-hydrogen) atoms. The second-order valence-electron chi connectivity index (χ2n) is 7.57. The van der Waals surface area contributed by atoms with Gasteiger partial charge in [0, 0.05) is 22.5 Å². The molecule has 3 aromatic rings. The fraction of sp³-hybridized carbons (Fsp3) is 0.160. The predicted octanol–water partition coefficient (Wildman–Crippen LogP) is 5.03. The van der Waals surface area contributed by atoms with E-state index in [-0.39, 0.29) is 5.78 Å². The number of nitriles is 2. The molecule has 2 aliphatic heterocycles. The number of ketones is 1. The Hall–Kier alpha value is -3.67. The molecule has 1 saturated heterocycles. The van der Waals surface area contributed by atoms with E-state index in [0.29, 0.717) is 5.56 Å². The number of hydrogen-bond acceptors (Lipinski definition) is 5. The third kappa shape index (κ3) is 2.46. The highest BCUT2D eigenvalue weighted by atomic mass is 32.1. The zero-order chi connectivity index (χ0) is 20.7. The van der Waals surface area contributed by atoms with Crippen molar-refractivity contribution in [3.05, 3.63) is 94.2 Å². The van der Waals surface area contributed by atoms with Crippen molar-refractivity contribution in [2.24, 2.45) is 5.41 Å². The summed E-state index contributed by atoms with van der Waals surface area (Å²) < 4.78 is 0. The second kappa shape index (κ2) is 6.99. The zero-order valence-electron chi connectivity index (χ0n) is 16.0. The van der Waals surface area contributed by atoms with Crippen LogP contribution in [0.25, 0.3) is 6.08 Å². The highest BCUT2D eigenvalue weighted by Crippen LogP contribution is 2.55. The molecule has 144 valence electrons. The van der Waals surface area contributed by atoms with Crippen molar-refractivity contribution >= 4 is 28.9 Å². The first kappa shape index (κ1) is 18.4. The number of carbonyl (C=O) groups is 1. The Balaban J connectivity index is 1.80. The van der Waals surface area contributed by atoms with Gasteiger partial charge in [0.25, 0.3) is 0 Å². The van der Waals surface area contributed by atoms with E-state index in [9.17, 15) is 15.3 Å². The van der Waals surface area contributed by atoms with Gasteiger partial charge >= 0.3 is 0 Å². The summed E-state index contributed by atoms with van der Waals surface area (Å²) in [6.07, 6.45) is 3.87. The molecular formula is C25H17N3OS. The van der Waals surface area contributed by atoms with Crippen LogP contribution >= 0.6 is 11.3 Å². The smallest absolute Gasteiger partial charge is 0.186 e. The number of thiophene rings is 1. The molecule has 0 aliphatic carbocycles. The number of fused-ring (bicyclic) bond motifs is 3. The normalized spacial score (nSPS) is 23.1. The van der Waals surface area contributed by atoms with Gasteiger partial charge in [0.15, 0.2) is 11.2 Å². The van der Waals surface area contributed by atoms with Gasteiger partial charge in [0.05, 0.1) is 18.2 Å². The molecular weight excluding hydrogens is 390 g/mol. The quantitative estimate of drug-likeness (QED) is 0.571. The fourth-order valence-corrected chi connectivity index (χ4v) is 5.49. The van der Waals surface area contributed by atoms with E-state index in [2.05, 4.69) is 12.1 Å². The summed E-state index contributed by atoms with van der Waals surface area (Å²) in [6, 6.07) is 22.7. The SMILES string of the molecule is N#CC1(C#N)[C@@H](c2ccccc2)[C@H](C(=O)c2ccsc2)N2c3ccccc3C=C[C@@H]21. The molecule has 3 heterocycles. The summed E-state index contributed by atoms with van der Waals surface area (Å²) in [6.45, 7) is 0. The average Bonchev–Trinajstić information content (AvgIpc) is 3.44. The molecule has 0 radical (unpaired) electrons. The number of nitrogens with zero attached hydrogens (tertiary/aromatic N) is 3. The van der Waals surface area contributed by atoms with E-state index in [1.807, 2.05) is 88.5 Å². The molecule has 0 saturated carbocycles. The molecule has 1 fully saturated rings. The number of benzene rings is 2. The lowest BCUT2D eigenvalue weighted by atomic mass is 9.69. The first-order valence-corrected chi connectivity index (χ1v) is 10.6. The van der Waals surface area contributed by atoms with Gasteiger partial charge in [-0.05, 0) is 28.6 Å². The summed E-state index contributed by atoms with van der Waals surface area (Å²) >= 11 is 1.47. The van der Waals surface area contributed by atoms with Crippen LogP contribution < -0.4 is 4.90 Å². The van der Waals surface area contributed by atoms with Crippen molar-refractivity contribution in [3.63, 3.8) is 0 Å². The van der Waals surface area contributed by atoms with Crippen LogP contribution in [-0.2, 0) is 0 Å². The van der Waals surface area contributed by atoms with E-state index in [0.717, 1.165) is 16.8 Å². The Morgan fingerprint density at radius 2 is 1.73 bits per heavy atom. The number of anilines is 1. The van der Waals surface area contributed by atoms with Crippen LogP contribution in [0.3, 0.4) is 0 Å². The number of Topliss-reactive ketones (excluding diaryl/α,β-unsaturated/α-hetero) is 1. The molecule has 3 atom stereocenters. The monoisotopic (exact) mass is 407 g/mol. The topological polar surface area (TPSA) is 67.9 Å². The summed E-state index contributed by atoms with van der Waals surface area (Å²) in [7, 11) is 0. The second-order valence-corrected chi connectivity index (χ2v) is 8.35. The van der Waals surface area contributed by atoms with Crippen molar-refractivity contribution in [1.82, 2.24) is 0 Å². The van der Waals surface area contributed by atoms with Gasteiger partial charge in [0.1, 0.15) is 6.04 Å². The predicted molar refractivity (Wildman–Crippen MR) is 117 cm³/mol. The maximum atomic E-state index is 13.8. The van der Waals surface area contributed by atoms with Gasteiger partial charge in [-0.15, -0.1) is 0 Å². The van der Waals surface area contributed by atoms with E-state index in [1.165, 1.54) is 11.3 Å². The minimum atomic E-state index is -1.39. The van der Waals surface area contributed by atoms with Crippen molar-refractivity contribution in [3.8, 4) is 12.1 Å². The average molecular weight is 407 g/mol. The van der Waals surface area contributed by atoms with Crippen LogP contribution in [0.2, 0.25) is 0 Å². The Morgan fingerprint density at radius 1 is 1.00 bits per heavy atom. The van der Waals surface area contributed by atoms with Crippen LogP contribution in [0.4, 0.5) is 5.69 Å². The Labute approximate surface area is 178 Å². The van der Waals surface area contributed by atoms with Crippen molar-refractivity contribution in [1.29, 1.82) is 10.5 Å². The van der Waals surface area contributed by atoms with E-state index >= 15 is 0 Å². The molecule has 0 N–H and O–H groups in total. The van der Waals surface area contributed by atoms with Gasteiger partial charge < -0.3 is 4.90 Å². The zero-order valence-corrected chi connectivity index (χ0v) is 16.8. The van der Waals surface area contributed by atoms with Crippen LogP contribution in [0.5, 0.6) is 0 Å². The molecule has 2 aliphatic rings. The van der Waals surface area contributed by atoms with Crippen molar-refractivity contribution in [2.45, 2.75) is 18.0 Å². The van der Waals surface area contributed by atoms with Gasteiger partial charge in [-0.1, -0.05) is 60.7 Å². The van der Waals surface area contributed by atoms with Crippen LogP contribution in [0, 0.1) is 28.1 Å². The van der Waals surface area contributed by atoms with Crippen LogP contribution in [0.1, 0.15) is 27.4 Å². The third-order valence-electron chi connectivity index (χ3n) is 6.15. The summed E-state index contributed by atoms with van der Waals surface area (Å²) in [5.41, 5.74) is 1.92. The Morgan fingerprint density at radius 3 is 2.43 bits per heavy atom. The molecule has 2 aromatic carbocycles. The molecule has 5 heteroatoms. The summed E-state index contributed by atoms with van der Waals surface area (Å²) in [4.78, 5) is 15.8. The van der Waals surface area contributed by atoms with E-state index in [4.69, 9.17) is 0 Å². The lowest BCUT2D eigenvalue weighted by molar-refractivity contribution is 0.0951. The fourth-order valence-electron chi connectivity index (χ4n) is 4.84. The highest BCUT2D eigenvalue weighted by molar-refractivity contribution is 7.08. The number of rotatable bonds is 3. The van der Waals surface area contributed by atoms with Crippen LogP contribution in [0.15, 0.2) is 77.5 Å². The van der Waals surface area contributed by atoms with Crippen molar-refractivity contribution in [2.75, 3.05) is 4.90 Å². The molecule has 5 rings (SSSR count). The summed E-state index contributed by atoms with van der Waals surface area (Å²) in [5, 5.41) is 24.4. The summed E-state index contributed by atoms with van der Waals surface area (Å²) in [5.74, 6) is -0.644. The standard InChI is InChI=1S/C25H17N3OS/c26-15-25(16-27)21-11-10-17-6-4-5-9-20(17)28(21)23(24(29)19-12-13-30-14-19)22(25)18-7-2-1-3-8-18/h1-14,21-23H/t21-,22+,23-/m1/s1. The molecule has 0 bridgehead atoms. The van der Waals surface area contributed by atoms with E-state index < -0.39 is 23.4 Å². The van der Waals surface area contributed by atoms with Gasteiger partial charge in [-0.3, -0.25) is 4.79 Å². The third-order valence-corrected chi connectivity index (χ3v) is 6.83. The first-order valence-electron chi connectivity index (χ1n) is 9.70. The Bertz CT molecular complexity index is 1200. The molecule has 0 spiro atoms. The minimum Gasteiger partial charge on any atom is -0.351 e. The van der Waals surface area contributed by atoms with E-state index in [1.54, 1.807) is 0 Å². The lowest BCUT2D eigenvalue weighted by Gasteiger charge is -2.35. The Kier molecular flexibility index (Phi) is 4.28. The number of hydrogen-bond donors (Lipinski definition) is 0. The number of carbonyl (C=O) groups excluding carboxylic acids is 1. The number of para-hydroxylation sites is 1. The maximum absolute atomic E-state index is 13.8. The van der Waals surface area contributed by atoms with Crippen LogP contribution in [-0.4, -0.2) is 17.9 Å². The molecule has 0 amide bonds.